The van der Waals surface area contributed by atoms with E-state index in [4.69, 9.17) is 21.3 Å². The zero-order chi connectivity index (χ0) is 33.9. The van der Waals surface area contributed by atoms with E-state index >= 15 is 0 Å². The molecule has 2 aromatic heterocycles. The minimum atomic E-state index is -0.982. The summed E-state index contributed by atoms with van der Waals surface area (Å²) in [6.07, 6.45) is 2.05. The maximum atomic E-state index is 14.0. The van der Waals surface area contributed by atoms with Crippen LogP contribution in [0.4, 0.5) is 0 Å². The van der Waals surface area contributed by atoms with E-state index in [2.05, 4.69) is 39.9 Å². The number of benzene rings is 2. The SMILES string of the molecule is CCNC(=O)[C@H](NC(=O)C1(c2ccc3nc([C@@H](NC(=O)c4ccnn4C)[C@H](c4ccccc4Cl)C(C)C)[nH]c3c2)CCOC1)C(C)C. The molecule has 1 aliphatic heterocycles. The van der Waals surface area contributed by atoms with Crippen LogP contribution >= 0.6 is 11.6 Å². The standard InChI is InChI=1S/C35H44ClN7O4/c1-7-37-33(45)29(21(4)5)42-34(46)35(15-17-47-19-35)22-12-13-25-26(18-22)40-31(39-25)30(41-32(44)27-14-16-38-43(27)6)28(20(2)3)23-10-8-9-11-24(23)36/h8-14,16,18,20-21,28-30H,7,15,17,19H2,1-6H3,(H,37,45)(H,39,40)(H,41,44)(H,42,46)/t28-,29+,30-,35?/m0/s1. The molecule has 2 aromatic carbocycles. The van der Waals surface area contributed by atoms with Gasteiger partial charge in [0.05, 0.1) is 29.1 Å². The van der Waals surface area contributed by atoms with Crippen LogP contribution in [0.1, 0.15) is 80.4 Å². The highest BCUT2D eigenvalue weighted by Gasteiger charge is 2.45. The van der Waals surface area contributed by atoms with E-state index in [0.717, 1.165) is 11.1 Å². The number of hydrogen-bond donors (Lipinski definition) is 4. The van der Waals surface area contributed by atoms with Gasteiger partial charge in [0, 0.05) is 37.3 Å². The van der Waals surface area contributed by atoms with E-state index in [9.17, 15) is 14.4 Å². The molecule has 250 valence electrons. The monoisotopic (exact) mass is 661 g/mol. The van der Waals surface area contributed by atoms with Crippen LogP contribution in [0.25, 0.3) is 11.0 Å². The van der Waals surface area contributed by atoms with E-state index in [1.165, 1.54) is 4.68 Å². The number of aromatic nitrogens is 4. The van der Waals surface area contributed by atoms with Gasteiger partial charge in [0.2, 0.25) is 11.8 Å². The number of fused-ring (bicyclic) bond motifs is 1. The average molecular weight is 662 g/mol. The van der Waals surface area contributed by atoms with Crippen LogP contribution in [-0.4, -0.2) is 63.3 Å². The summed E-state index contributed by atoms with van der Waals surface area (Å²) in [7, 11) is 1.72. The maximum absolute atomic E-state index is 14.0. The minimum Gasteiger partial charge on any atom is -0.380 e. The van der Waals surface area contributed by atoms with Crippen LogP contribution in [-0.2, 0) is 26.8 Å². The molecule has 12 heteroatoms. The summed E-state index contributed by atoms with van der Waals surface area (Å²) in [5, 5.41) is 13.8. The van der Waals surface area contributed by atoms with Gasteiger partial charge in [0.25, 0.3) is 5.91 Å². The number of halogens is 1. The predicted molar refractivity (Wildman–Crippen MR) is 181 cm³/mol. The molecule has 4 N–H and O–H groups in total. The lowest BCUT2D eigenvalue weighted by atomic mass is 9.78. The molecule has 1 aliphatic rings. The summed E-state index contributed by atoms with van der Waals surface area (Å²) in [6.45, 7) is 10.9. The molecule has 3 heterocycles. The largest absolute Gasteiger partial charge is 0.380 e. The number of hydrogen-bond acceptors (Lipinski definition) is 6. The second-order valence-electron chi connectivity index (χ2n) is 12.9. The van der Waals surface area contributed by atoms with Crippen LogP contribution in [0, 0.1) is 11.8 Å². The predicted octanol–water partition coefficient (Wildman–Crippen LogP) is 4.80. The molecule has 0 saturated carbocycles. The lowest BCUT2D eigenvalue weighted by Gasteiger charge is -2.31. The molecule has 1 fully saturated rings. The molecular formula is C35H44ClN7O4. The molecule has 0 spiro atoms. The Morgan fingerprint density at radius 3 is 2.45 bits per heavy atom. The minimum absolute atomic E-state index is 0.0666. The van der Waals surface area contributed by atoms with Gasteiger partial charge in [0.15, 0.2) is 0 Å². The number of nitrogens with one attached hydrogen (secondary N) is 4. The smallest absolute Gasteiger partial charge is 0.270 e. The first-order chi connectivity index (χ1) is 22.5. The van der Waals surface area contributed by atoms with Crippen molar-refractivity contribution in [3.63, 3.8) is 0 Å². The normalized spacial score (nSPS) is 18.3. The molecule has 3 amide bonds. The summed E-state index contributed by atoms with van der Waals surface area (Å²) in [6, 6.07) is 13.8. The summed E-state index contributed by atoms with van der Waals surface area (Å²) in [5.74, 6) is -0.466. The molecule has 0 aliphatic carbocycles. The molecule has 5 rings (SSSR count). The van der Waals surface area contributed by atoms with Crippen molar-refractivity contribution in [2.24, 2.45) is 18.9 Å². The number of carbonyl (C=O) groups excluding carboxylic acids is 3. The van der Waals surface area contributed by atoms with Crippen molar-refractivity contribution in [3.8, 4) is 0 Å². The van der Waals surface area contributed by atoms with Crippen LogP contribution in [0.2, 0.25) is 5.02 Å². The summed E-state index contributed by atoms with van der Waals surface area (Å²) < 4.78 is 7.32. The zero-order valence-corrected chi connectivity index (χ0v) is 28.5. The number of amides is 3. The molecule has 1 unspecified atom stereocenters. The van der Waals surface area contributed by atoms with E-state index in [1.54, 1.807) is 19.3 Å². The zero-order valence-electron chi connectivity index (χ0n) is 27.8. The number of aromatic amines is 1. The molecule has 0 bridgehead atoms. The average Bonchev–Trinajstić information content (AvgIpc) is 3.80. The van der Waals surface area contributed by atoms with Crippen molar-refractivity contribution in [3.05, 3.63) is 82.4 Å². The number of H-pyrrole nitrogens is 1. The van der Waals surface area contributed by atoms with Crippen molar-refractivity contribution in [2.75, 3.05) is 19.8 Å². The van der Waals surface area contributed by atoms with E-state index in [-0.39, 0.29) is 42.1 Å². The van der Waals surface area contributed by atoms with Crippen molar-refractivity contribution >= 4 is 40.4 Å². The first kappa shape index (κ1) is 34.1. The Hall–Kier alpha value is -4.22. The van der Waals surface area contributed by atoms with Gasteiger partial charge in [-0.25, -0.2) is 4.98 Å². The van der Waals surface area contributed by atoms with Gasteiger partial charge in [-0.1, -0.05) is 63.6 Å². The fraction of sp³-hybridized carbons (Fsp3) is 0.457. The molecule has 4 atom stereocenters. The Morgan fingerprint density at radius 1 is 1.06 bits per heavy atom. The van der Waals surface area contributed by atoms with Crippen molar-refractivity contribution in [1.29, 1.82) is 0 Å². The highest BCUT2D eigenvalue weighted by molar-refractivity contribution is 6.31. The summed E-state index contributed by atoms with van der Waals surface area (Å²) in [5.41, 5.74) is 2.48. The van der Waals surface area contributed by atoms with E-state index < -0.39 is 17.5 Å². The molecule has 0 radical (unpaired) electrons. The molecular weight excluding hydrogens is 618 g/mol. The number of rotatable bonds is 12. The second-order valence-corrected chi connectivity index (χ2v) is 13.3. The third-order valence-corrected chi connectivity index (χ3v) is 9.42. The fourth-order valence-electron chi connectivity index (χ4n) is 6.48. The van der Waals surface area contributed by atoms with Gasteiger partial charge < -0.3 is 25.7 Å². The van der Waals surface area contributed by atoms with Crippen LogP contribution < -0.4 is 16.0 Å². The number of ether oxygens (including phenoxy) is 1. The number of likely N-dealkylation sites (N-methyl/N-ethyl adjacent to an activating group) is 1. The Labute approximate surface area is 280 Å². The Balaban J connectivity index is 1.55. The van der Waals surface area contributed by atoms with Crippen molar-refractivity contribution < 1.29 is 19.1 Å². The van der Waals surface area contributed by atoms with Gasteiger partial charge in [-0.3, -0.25) is 19.1 Å². The molecule has 1 saturated heterocycles. The van der Waals surface area contributed by atoms with Gasteiger partial charge >= 0.3 is 0 Å². The quantitative estimate of drug-likeness (QED) is 0.172. The highest BCUT2D eigenvalue weighted by atomic mass is 35.5. The van der Waals surface area contributed by atoms with Gasteiger partial charge in [-0.15, -0.1) is 0 Å². The molecule has 4 aromatic rings. The highest BCUT2D eigenvalue weighted by Crippen LogP contribution is 2.41. The summed E-state index contributed by atoms with van der Waals surface area (Å²) >= 11 is 6.73. The Morgan fingerprint density at radius 2 is 1.83 bits per heavy atom. The number of carbonyl (C=O) groups is 3. The summed E-state index contributed by atoms with van der Waals surface area (Å²) in [4.78, 5) is 48.8. The third-order valence-electron chi connectivity index (χ3n) is 9.07. The lowest BCUT2D eigenvalue weighted by Crippen LogP contribution is -2.55. The van der Waals surface area contributed by atoms with E-state index in [0.29, 0.717) is 47.1 Å². The van der Waals surface area contributed by atoms with E-state index in [1.807, 2.05) is 63.2 Å². The first-order valence-electron chi connectivity index (χ1n) is 16.2. The van der Waals surface area contributed by atoms with Gasteiger partial charge in [-0.05, 0) is 60.6 Å². The topological polar surface area (TPSA) is 143 Å². The Bertz CT molecular complexity index is 1740. The van der Waals surface area contributed by atoms with Crippen LogP contribution in [0.5, 0.6) is 0 Å². The molecule has 47 heavy (non-hydrogen) atoms. The fourth-order valence-corrected chi connectivity index (χ4v) is 6.75. The van der Waals surface area contributed by atoms with Crippen molar-refractivity contribution in [1.82, 2.24) is 35.7 Å². The molecule has 11 nitrogen and oxygen atoms in total. The van der Waals surface area contributed by atoms with Crippen LogP contribution in [0.15, 0.2) is 54.7 Å². The van der Waals surface area contributed by atoms with Gasteiger partial charge in [-0.2, -0.15) is 5.10 Å². The first-order valence-corrected chi connectivity index (χ1v) is 16.5. The number of nitrogens with zero attached hydrogens (tertiary/aromatic N) is 3. The Kier molecular flexibility index (Phi) is 10.4. The van der Waals surface area contributed by atoms with Gasteiger partial charge in [0.1, 0.15) is 17.6 Å². The number of aryl methyl sites for hydroxylation is 1. The van der Waals surface area contributed by atoms with Crippen LogP contribution in [0.3, 0.4) is 0 Å². The maximum Gasteiger partial charge on any atom is 0.270 e. The second kappa shape index (κ2) is 14.3. The lowest BCUT2D eigenvalue weighted by molar-refractivity contribution is -0.133. The number of imidazole rings is 1. The third kappa shape index (κ3) is 6.92. The van der Waals surface area contributed by atoms with Crippen molar-refractivity contribution in [2.45, 2.75) is 64.5 Å².